The van der Waals surface area contributed by atoms with Crippen molar-refractivity contribution >= 4 is 6.09 Å². The van der Waals surface area contributed by atoms with Crippen LogP contribution in [-0.2, 0) is 4.74 Å². The van der Waals surface area contributed by atoms with Crippen molar-refractivity contribution in [2.75, 3.05) is 19.6 Å². The zero-order valence-corrected chi connectivity index (χ0v) is 14.2. The molecule has 0 bridgehead atoms. The van der Waals surface area contributed by atoms with Crippen LogP contribution in [0.3, 0.4) is 0 Å². The molecular weight excluding hydrogens is 278 g/mol. The Bertz CT molecular complexity index is 465. The Morgan fingerprint density at radius 1 is 1.55 bits per heavy atom. The molecule has 2 N–H and O–H groups in total. The number of alkyl carbamates (subject to hydrolysis) is 1. The highest BCUT2D eigenvalue weighted by molar-refractivity contribution is 5.67. The molecule has 0 spiro atoms. The van der Waals surface area contributed by atoms with Gasteiger partial charge in [0, 0.05) is 31.0 Å². The molecule has 2 atom stereocenters. The van der Waals surface area contributed by atoms with Crippen molar-refractivity contribution in [2.24, 2.45) is 5.92 Å². The van der Waals surface area contributed by atoms with E-state index in [0.717, 1.165) is 19.5 Å². The first-order valence-corrected chi connectivity index (χ1v) is 8.19. The lowest BCUT2D eigenvalue weighted by Crippen LogP contribution is -2.43. The average molecular weight is 307 g/mol. The summed E-state index contributed by atoms with van der Waals surface area (Å²) >= 11 is 0. The Morgan fingerprint density at radius 2 is 2.32 bits per heavy atom. The topological polar surface area (TPSA) is 57.4 Å². The quantitative estimate of drug-likeness (QED) is 0.897. The van der Waals surface area contributed by atoms with Crippen molar-refractivity contribution in [3.63, 3.8) is 0 Å². The predicted molar refractivity (Wildman–Crippen MR) is 87.7 cm³/mol. The summed E-state index contributed by atoms with van der Waals surface area (Å²) in [6.45, 7) is 10.7. The van der Waals surface area contributed by atoms with Crippen molar-refractivity contribution in [1.82, 2.24) is 15.2 Å². The molecule has 2 heterocycles. The van der Waals surface area contributed by atoms with Gasteiger partial charge in [0.25, 0.3) is 0 Å². The number of aromatic nitrogens is 1. The fraction of sp³-hybridized carbons (Fsp3) is 0.706. The molecule has 1 aromatic rings. The standard InChI is InChI=1S/C17H29N3O2/c1-13(15-8-5-9-18-15)20-10-6-7-14(12-20)11-19-16(21)22-17(2,3)4/h5,8-9,13-14,18H,6-7,10-12H2,1-4H3,(H,19,21). The van der Waals surface area contributed by atoms with Gasteiger partial charge in [-0.3, -0.25) is 4.90 Å². The van der Waals surface area contributed by atoms with Gasteiger partial charge in [0.2, 0.25) is 0 Å². The minimum absolute atomic E-state index is 0.318. The van der Waals surface area contributed by atoms with E-state index in [1.165, 1.54) is 12.1 Å². The predicted octanol–water partition coefficient (Wildman–Crippen LogP) is 3.31. The number of nitrogens with one attached hydrogen (secondary N) is 2. The molecule has 1 aliphatic rings. The molecule has 0 saturated carbocycles. The van der Waals surface area contributed by atoms with Gasteiger partial charge in [-0.05, 0) is 65.1 Å². The number of amides is 1. The number of hydrogen-bond donors (Lipinski definition) is 2. The molecule has 2 rings (SSSR count). The van der Waals surface area contributed by atoms with Gasteiger partial charge in [-0.15, -0.1) is 0 Å². The number of aromatic amines is 1. The molecule has 0 aliphatic carbocycles. The lowest BCUT2D eigenvalue weighted by molar-refractivity contribution is 0.0500. The summed E-state index contributed by atoms with van der Waals surface area (Å²) in [6, 6.07) is 4.56. The summed E-state index contributed by atoms with van der Waals surface area (Å²) in [5, 5.41) is 2.91. The third kappa shape index (κ3) is 5.05. The highest BCUT2D eigenvalue weighted by atomic mass is 16.6. The second-order valence-corrected chi connectivity index (χ2v) is 7.19. The number of likely N-dealkylation sites (tertiary alicyclic amines) is 1. The molecule has 2 unspecified atom stereocenters. The van der Waals surface area contributed by atoms with Crippen molar-refractivity contribution < 1.29 is 9.53 Å². The van der Waals surface area contributed by atoms with E-state index in [1.54, 1.807) is 0 Å². The molecule has 1 aliphatic heterocycles. The fourth-order valence-corrected chi connectivity index (χ4v) is 2.96. The highest BCUT2D eigenvalue weighted by Gasteiger charge is 2.25. The zero-order chi connectivity index (χ0) is 16.2. The SMILES string of the molecule is CC(c1ccc[nH]1)N1CCCC(CNC(=O)OC(C)(C)C)C1. The molecule has 0 aromatic carbocycles. The second-order valence-electron chi connectivity index (χ2n) is 7.19. The van der Waals surface area contributed by atoms with Crippen molar-refractivity contribution in [2.45, 2.75) is 52.2 Å². The van der Waals surface area contributed by atoms with Crippen LogP contribution in [0.25, 0.3) is 0 Å². The van der Waals surface area contributed by atoms with Gasteiger partial charge in [-0.25, -0.2) is 4.79 Å². The number of ether oxygens (including phenoxy) is 1. The maximum Gasteiger partial charge on any atom is 0.407 e. The Morgan fingerprint density at radius 3 is 2.95 bits per heavy atom. The van der Waals surface area contributed by atoms with Gasteiger partial charge >= 0.3 is 6.09 Å². The molecule has 1 amide bonds. The van der Waals surface area contributed by atoms with Crippen LogP contribution in [0.15, 0.2) is 18.3 Å². The van der Waals surface area contributed by atoms with Crippen LogP contribution >= 0.6 is 0 Å². The number of H-pyrrole nitrogens is 1. The summed E-state index contributed by atoms with van der Waals surface area (Å²) < 4.78 is 5.29. The minimum atomic E-state index is -0.440. The first-order valence-electron chi connectivity index (χ1n) is 8.19. The zero-order valence-electron chi connectivity index (χ0n) is 14.2. The third-order valence-corrected chi connectivity index (χ3v) is 4.10. The highest BCUT2D eigenvalue weighted by Crippen LogP contribution is 2.25. The molecule has 124 valence electrons. The van der Waals surface area contributed by atoms with Crippen LogP contribution < -0.4 is 5.32 Å². The summed E-state index contributed by atoms with van der Waals surface area (Å²) in [5.41, 5.74) is 0.811. The van der Waals surface area contributed by atoms with Crippen LogP contribution in [-0.4, -0.2) is 41.2 Å². The van der Waals surface area contributed by atoms with Crippen LogP contribution in [0.2, 0.25) is 0 Å². The third-order valence-electron chi connectivity index (χ3n) is 4.10. The average Bonchev–Trinajstić information content (AvgIpc) is 2.97. The van der Waals surface area contributed by atoms with E-state index in [9.17, 15) is 4.79 Å². The Hall–Kier alpha value is -1.49. The lowest BCUT2D eigenvalue weighted by atomic mass is 9.96. The number of hydrogen-bond acceptors (Lipinski definition) is 3. The number of rotatable bonds is 4. The molecule has 1 fully saturated rings. The summed E-state index contributed by atoms with van der Waals surface area (Å²) in [5.74, 6) is 0.485. The maximum atomic E-state index is 11.8. The van der Waals surface area contributed by atoms with E-state index in [1.807, 2.05) is 33.0 Å². The number of carbonyl (C=O) groups is 1. The normalized spacial score (nSPS) is 21.4. The molecule has 5 nitrogen and oxygen atoms in total. The molecule has 1 aromatic heterocycles. The van der Waals surface area contributed by atoms with E-state index in [-0.39, 0.29) is 6.09 Å². The molecule has 1 saturated heterocycles. The maximum absolute atomic E-state index is 11.8. The van der Waals surface area contributed by atoms with Crippen LogP contribution in [0.5, 0.6) is 0 Å². The van der Waals surface area contributed by atoms with E-state index >= 15 is 0 Å². The summed E-state index contributed by atoms with van der Waals surface area (Å²) in [6.07, 6.45) is 3.98. The van der Waals surface area contributed by atoms with E-state index < -0.39 is 5.60 Å². The molecule has 5 heteroatoms. The van der Waals surface area contributed by atoms with Gasteiger partial charge in [0.15, 0.2) is 0 Å². The minimum Gasteiger partial charge on any atom is -0.444 e. The number of nitrogens with zero attached hydrogens (tertiary/aromatic N) is 1. The smallest absolute Gasteiger partial charge is 0.407 e. The van der Waals surface area contributed by atoms with Gasteiger partial charge in [0.05, 0.1) is 0 Å². The van der Waals surface area contributed by atoms with Crippen LogP contribution in [0.1, 0.15) is 52.3 Å². The van der Waals surface area contributed by atoms with Gasteiger partial charge in [-0.2, -0.15) is 0 Å². The Kier molecular flexibility index (Phi) is 5.51. The number of carbonyl (C=O) groups excluding carboxylic acids is 1. The van der Waals surface area contributed by atoms with Crippen LogP contribution in [0, 0.1) is 5.92 Å². The summed E-state index contributed by atoms with van der Waals surface area (Å²) in [7, 11) is 0. The molecule has 22 heavy (non-hydrogen) atoms. The van der Waals surface area contributed by atoms with Crippen LogP contribution in [0.4, 0.5) is 4.79 Å². The molecular formula is C17H29N3O2. The molecule has 0 radical (unpaired) electrons. The first kappa shape index (κ1) is 16.9. The van der Waals surface area contributed by atoms with E-state index in [4.69, 9.17) is 4.74 Å². The van der Waals surface area contributed by atoms with Gasteiger partial charge in [0.1, 0.15) is 5.60 Å². The monoisotopic (exact) mass is 307 g/mol. The van der Waals surface area contributed by atoms with Crippen molar-refractivity contribution in [1.29, 1.82) is 0 Å². The second kappa shape index (κ2) is 7.18. The Balaban J connectivity index is 1.80. The fourth-order valence-electron chi connectivity index (χ4n) is 2.96. The summed E-state index contributed by atoms with van der Waals surface area (Å²) in [4.78, 5) is 17.5. The van der Waals surface area contributed by atoms with Gasteiger partial charge in [-0.1, -0.05) is 0 Å². The number of piperidine rings is 1. The first-order chi connectivity index (χ1) is 10.3. The van der Waals surface area contributed by atoms with E-state index in [0.29, 0.717) is 18.5 Å². The van der Waals surface area contributed by atoms with E-state index in [2.05, 4.69) is 28.2 Å². The largest absolute Gasteiger partial charge is 0.444 e. The van der Waals surface area contributed by atoms with Gasteiger partial charge < -0.3 is 15.0 Å². The Labute approximate surface area is 133 Å². The van der Waals surface area contributed by atoms with Crippen molar-refractivity contribution in [3.8, 4) is 0 Å². The van der Waals surface area contributed by atoms with Crippen molar-refractivity contribution in [3.05, 3.63) is 24.0 Å². The lowest BCUT2D eigenvalue weighted by Gasteiger charge is -2.36.